The molecule has 0 spiro atoms. The molecule has 0 saturated carbocycles. The van der Waals surface area contributed by atoms with Crippen LogP contribution < -0.4 is 10.6 Å². The lowest BCUT2D eigenvalue weighted by atomic mass is 10.2. The van der Waals surface area contributed by atoms with Crippen molar-refractivity contribution in [2.45, 2.75) is 0 Å². The van der Waals surface area contributed by atoms with E-state index in [0.29, 0.717) is 24.9 Å². The van der Waals surface area contributed by atoms with E-state index >= 15 is 0 Å². The molecule has 3 rings (SSSR count). The number of piperazine rings is 1. The van der Waals surface area contributed by atoms with E-state index in [1.54, 1.807) is 12.1 Å². The lowest BCUT2D eigenvalue weighted by Gasteiger charge is -2.36. The first-order valence-corrected chi connectivity index (χ1v) is 7.73. The summed E-state index contributed by atoms with van der Waals surface area (Å²) in [7, 11) is 0. The molecule has 2 N–H and O–H groups in total. The molecule has 130 valence electrons. The fourth-order valence-corrected chi connectivity index (χ4v) is 2.59. The van der Waals surface area contributed by atoms with Crippen molar-refractivity contribution in [2.75, 3.05) is 31.1 Å². The van der Waals surface area contributed by atoms with Gasteiger partial charge < -0.3 is 15.5 Å². The van der Waals surface area contributed by atoms with Crippen molar-refractivity contribution >= 4 is 23.2 Å². The summed E-state index contributed by atoms with van der Waals surface area (Å²) in [5.41, 5.74) is 6.89. The predicted octanol–water partition coefficient (Wildman–Crippen LogP) is 1.90. The zero-order valence-corrected chi connectivity index (χ0v) is 13.4. The molecule has 1 aliphatic heterocycles. The molecule has 9 heteroatoms. The van der Waals surface area contributed by atoms with Crippen molar-refractivity contribution in [1.82, 2.24) is 9.88 Å². The van der Waals surface area contributed by atoms with Crippen LogP contribution in [0.25, 0.3) is 0 Å². The van der Waals surface area contributed by atoms with Gasteiger partial charge in [-0.25, -0.2) is 9.37 Å². The monoisotopic (exact) mass is 344 g/mol. The first kappa shape index (κ1) is 16.6. The maximum absolute atomic E-state index is 13.0. The predicted molar refractivity (Wildman–Crippen MR) is 92.4 cm³/mol. The molecule has 25 heavy (non-hydrogen) atoms. The molecule has 0 atom stereocenters. The van der Waals surface area contributed by atoms with Gasteiger partial charge in [-0.3, -0.25) is 10.1 Å². The van der Waals surface area contributed by atoms with Crippen molar-refractivity contribution in [2.24, 2.45) is 10.7 Å². The number of anilines is 1. The molecule has 0 aliphatic carbocycles. The smallest absolute Gasteiger partial charge is 0.287 e. The van der Waals surface area contributed by atoms with E-state index in [4.69, 9.17) is 5.73 Å². The normalized spacial score (nSPS) is 15.3. The average molecular weight is 344 g/mol. The number of halogens is 1. The topological polar surface area (TPSA) is 101 Å². The van der Waals surface area contributed by atoms with Crippen LogP contribution in [-0.2, 0) is 0 Å². The second-order valence-electron chi connectivity index (χ2n) is 5.55. The summed E-state index contributed by atoms with van der Waals surface area (Å²) in [6, 6.07) is 9.19. The number of aromatic nitrogens is 1. The van der Waals surface area contributed by atoms with Crippen LogP contribution in [0.4, 0.5) is 21.6 Å². The van der Waals surface area contributed by atoms with Gasteiger partial charge in [0.2, 0.25) is 0 Å². The van der Waals surface area contributed by atoms with Crippen LogP contribution in [0.2, 0.25) is 0 Å². The van der Waals surface area contributed by atoms with Gasteiger partial charge in [0, 0.05) is 37.9 Å². The number of nitrogens with zero attached hydrogens (tertiary/aromatic N) is 5. The largest absolute Gasteiger partial charge is 0.369 e. The Kier molecular flexibility index (Phi) is 4.73. The maximum atomic E-state index is 13.0. The summed E-state index contributed by atoms with van der Waals surface area (Å²) in [6.07, 6.45) is 1.15. The number of benzene rings is 1. The van der Waals surface area contributed by atoms with E-state index in [-0.39, 0.29) is 11.5 Å². The van der Waals surface area contributed by atoms with Gasteiger partial charge in [0.05, 0.1) is 4.92 Å². The minimum Gasteiger partial charge on any atom is -0.369 e. The second-order valence-corrected chi connectivity index (χ2v) is 5.55. The molecular formula is C16H17FN6O2. The minimum absolute atomic E-state index is 0.0922. The van der Waals surface area contributed by atoms with Crippen molar-refractivity contribution in [3.63, 3.8) is 0 Å². The second kappa shape index (κ2) is 7.12. The molecule has 0 amide bonds. The number of aliphatic imine (C=N–C) groups is 1. The van der Waals surface area contributed by atoms with Gasteiger partial charge in [0.25, 0.3) is 5.69 Å². The van der Waals surface area contributed by atoms with Gasteiger partial charge in [-0.15, -0.1) is 0 Å². The van der Waals surface area contributed by atoms with Crippen molar-refractivity contribution in [1.29, 1.82) is 0 Å². The molecular weight excluding hydrogens is 327 g/mol. The van der Waals surface area contributed by atoms with Crippen LogP contribution in [-0.4, -0.2) is 46.9 Å². The number of nitro groups is 1. The Bertz CT molecular complexity index is 770. The van der Waals surface area contributed by atoms with E-state index in [9.17, 15) is 14.5 Å². The van der Waals surface area contributed by atoms with Gasteiger partial charge in [0.1, 0.15) is 12.0 Å². The van der Waals surface area contributed by atoms with Crippen LogP contribution in [0.3, 0.4) is 0 Å². The van der Waals surface area contributed by atoms with Crippen molar-refractivity contribution in [3.8, 4) is 0 Å². The van der Waals surface area contributed by atoms with E-state index in [0.717, 1.165) is 25.0 Å². The standard InChI is InChI=1S/C16H17FN6O2/c17-12-1-3-13(4-2-12)21-7-9-22(10-8-21)16(18)20-15-6-5-14(11-19-15)23(24)25/h1-6,11H,7-10H2,(H2,18,19,20). The quantitative estimate of drug-likeness (QED) is 0.395. The Balaban J connectivity index is 1.61. The van der Waals surface area contributed by atoms with Gasteiger partial charge >= 0.3 is 0 Å². The zero-order chi connectivity index (χ0) is 17.8. The number of nitrogens with two attached hydrogens (primary N) is 1. The Morgan fingerprint density at radius 1 is 1.16 bits per heavy atom. The van der Waals surface area contributed by atoms with E-state index in [1.165, 1.54) is 24.3 Å². The molecule has 0 radical (unpaired) electrons. The van der Waals surface area contributed by atoms with Gasteiger partial charge in [-0.05, 0) is 30.3 Å². The fourth-order valence-electron chi connectivity index (χ4n) is 2.59. The highest BCUT2D eigenvalue weighted by Crippen LogP contribution is 2.18. The molecule has 1 aliphatic rings. The molecule has 8 nitrogen and oxygen atoms in total. The van der Waals surface area contributed by atoms with Crippen molar-refractivity contribution in [3.05, 3.63) is 58.5 Å². The SMILES string of the molecule is NC(=Nc1ccc([N+](=O)[O-])cn1)N1CCN(c2ccc(F)cc2)CC1. The molecule has 1 saturated heterocycles. The third-order valence-corrected chi connectivity index (χ3v) is 3.97. The van der Waals surface area contributed by atoms with Gasteiger partial charge in [-0.1, -0.05) is 0 Å². The number of hydrogen-bond donors (Lipinski definition) is 1. The fraction of sp³-hybridized carbons (Fsp3) is 0.250. The third kappa shape index (κ3) is 4.00. The summed E-state index contributed by atoms with van der Waals surface area (Å²) in [4.78, 5) is 22.3. The van der Waals surface area contributed by atoms with Crippen LogP contribution in [0, 0.1) is 15.9 Å². The maximum Gasteiger partial charge on any atom is 0.287 e. The van der Waals surface area contributed by atoms with E-state index < -0.39 is 4.92 Å². The molecule has 1 aromatic heterocycles. The van der Waals surface area contributed by atoms with Crippen LogP contribution in [0.1, 0.15) is 0 Å². The lowest BCUT2D eigenvalue weighted by molar-refractivity contribution is -0.385. The summed E-state index contributed by atoms with van der Waals surface area (Å²) < 4.78 is 13.0. The number of pyridine rings is 1. The molecule has 0 unspecified atom stereocenters. The first-order chi connectivity index (χ1) is 12.0. The highest BCUT2D eigenvalue weighted by atomic mass is 19.1. The van der Waals surface area contributed by atoms with Gasteiger partial charge in [-0.2, -0.15) is 4.99 Å². The van der Waals surface area contributed by atoms with Crippen LogP contribution in [0.15, 0.2) is 47.6 Å². The Morgan fingerprint density at radius 2 is 1.84 bits per heavy atom. The Labute approximate surface area is 143 Å². The van der Waals surface area contributed by atoms with E-state index in [1.807, 2.05) is 4.90 Å². The van der Waals surface area contributed by atoms with Crippen LogP contribution in [0.5, 0.6) is 0 Å². The highest BCUT2D eigenvalue weighted by molar-refractivity contribution is 5.80. The average Bonchev–Trinajstić information content (AvgIpc) is 2.63. The molecule has 1 fully saturated rings. The summed E-state index contributed by atoms with van der Waals surface area (Å²) in [5, 5.41) is 10.6. The number of guanidine groups is 1. The Morgan fingerprint density at radius 3 is 2.40 bits per heavy atom. The summed E-state index contributed by atoms with van der Waals surface area (Å²) in [5.74, 6) is 0.388. The molecule has 2 aromatic rings. The minimum atomic E-state index is -0.515. The highest BCUT2D eigenvalue weighted by Gasteiger charge is 2.19. The van der Waals surface area contributed by atoms with Gasteiger partial charge in [0.15, 0.2) is 11.8 Å². The third-order valence-electron chi connectivity index (χ3n) is 3.97. The van der Waals surface area contributed by atoms with E-state index in [2.05, 4.69) is 14.9 Å². The molecule has 0 bridgehead atoms. The number of rotatable bonds is 3. The summed E-state index contributed by atoms with van der Waals surface area (Å²) in [6.45, 7) is 2.80. The zero-order valence-electron chi connectivity index (χ0n) is 13.4. The first-order valence-electron chi connectivity index (χ1n) is 7.73. The number of hydrogen-bond acceptors (Lipinski definition) is 5. The molecule has 1 aromatic carbocycles. The van der Waals surface area contributed by atoms with Crippen LogP contribution >= 0.6 is 0 Å². The summed E-state index contributed by atoms with van der Waals surface area (Å²) >= 11 is 0. The van der Waals surface area contributed by atoms with Crippen molar-refractivity contribution < 1.29 is 9.31 Å². The lowest BCUT2D eigenvalue weighted by Crippen LogP contribution is -2.51. The Hall–Kier alpha value is -3.23. The molecule has 2 heterocycles.